The summed E-state index contributed by atoms with van der Waals surface area (Å²) < 4.78 is 0. The summed E-state index contributed by atoms with van der Waals surface area (Å²) in [5, 5.41) is 41.4. The standard InChI is InChI=1S/C15H14N2O5S/c1-6-2-3-7(9(18)4-6)11-8(14(22)17-15(16)23)5-10(19)12(20)13(11)21/h2-5,18-21H,1H3,(H3,16,17,22,23). The van der Waals surface area contributed by atoms with Gasteiger partial charge in [-0.05, 0) is 36.8 Å². The molecular weight excluding hydrogens is 320 g/mol. The van der Waals surface area contributed by atoms with Crippen molar-refractivity contribution in [2.24, 2.45) is 5.73 Å². The van der Waals surface area contributed by atoms with E-state index >= 15 is 0 Å². The first-order chi connectivity index (χ1) is 10.7. The van der Waals surface area contributed by atoms with Crippen LogP contribution < -0.4 is 11.1 Å². The van der Waals surface area contributed by atoms with E-state index in [-0.39, 0.29) is 27.6 Å². The number of thiocarbonyl (C=S) groups is 1. The van der Waals surface area contributed by atoms with Gasteiger partial charge in [-0.15, -0.1) is 0 Å². The Morgan fingerprint density at radius 3 is 2.30 bits per heavy atom. The number of phenols is 4. The lowest BCUT2D eigenvalue weighted by atomic mass is 9.95. The van der Waals surface area contributed by atoms with Gasteiger partial charge in [0.05, 0.1) is 5.56 Å². The summed E-state index contributed by atoms with van der Waals surface area (Å²) in [7, 11) is 0. The second kappa shape index (κ2) is 6.01. The van der Waals surface area contributed by atoms with Crippen LogP contribution >= 0.6 is 12.2 Å². The van der Waals surface area contributed by atoms with Gasteiger partial charge < -0.3 is 26.2 Å². The number of nitrogens with one attached hydrogen (secondary N) is 1. The molecule has 0 unspecified atom stereocenters. The van der Waals surface area contributed by atoms with Crippen LogP contribution in [0.2, 0.25) is 0 Å². The van der Waals surface area contributed by atoms with Crippen LogP contribution in [-0.4, -0.2) is 31.4 Å². The van der Waals surface area contributed by atoms with Crippen LogP contribution in [0.4, 0.5) is 0 Å². The maximum Gasteiger partial charge on any atom is 0.258 e. The van der Waals surface area contributed by atoms with Gasteiger partial charge in [0.25, 0.3) is 5.91 Å². The fourth-order valence-electron chi connectivity index (χ4n) is 2.13. The molecule has 2 aromatic rings. The number of hydrogen-bond donors (Lipinski definition) is 6. The van der Waals surface area contributed by atoms with Crippen molar-refractivity contribution in [1.82, 2.24) is 5.32 Å². The first kappa shape index (κ1) is 16.4. The number of aryl methyl sites for hydroxylation is 1. The van der Waals surface area contributed by atoms with Crippen molar-refractivity contribution in [2.75, 3.05) is 0 Å². The SMILES string of the molecule is Cc1ccc(-c2c(C(=O)NC(N)=S)cc(O)c(O)c2O)c(O)c1. The molecule has 8 heteroatoms. The number of carbonyl (C=O) groups excluding carboxylic acids is 1. The summed E-state index contributed by atoms with van der Waals surface area (Å²) in [6.45, 7) is 1.75. The zero-order valence-corrected chi connectivity index (χ0v) is 12.8. The smallest absolute Gasteiger partial charge is 0.258 e. The second-order valence-corrected chi connectivity index (χ2v) is 5.29. The molecule has 0 aliphatic carbocycles. The molecule has 0 radical (unpaired) electrons. The fraction of sp³-hybridized carbons (Fsp3) is 0.0667. The monoisotopic (exact) mass is 334 g/mol. The molecule has 0 aliphatic heterocycles. The molecule has 0 saturated heterocycles. The van der Waals surface area contributed by atoms with E-state index in [0.717, 1.165) is 11.6 Å². The minimum Gasteiger partial charge on any atom is -0.507 e. The van der Waals surface area contributed by atoms with Crippen molar-refractivity contribution in [3.8, 4) is 34.1 Å². The van der Waals surface area contributed by atoms with Gasteiger partial charge in [-0.25, -0.2) is 0 Å². The molecule has 2 rings (SSSR count). The Labute approximate surface area is 136 Å². The number of aromatic hydroxyl groups is 4. The Balaban J connectivity index is 2.77. The van der Waals surface area contributed by atoms with Gasteiger partial charge in [0.15, 0.2) is 16.6 Å². The second-order valence-electron chi connectivity index (χ2n) is 4.85. The van der Waals surface area contributed by atoms with Crippen molar-refractivity contribution >= 4 is 23.2 Å². The van der Waals surface area contributed by atoms with Crippen molar-refractivity contribution in [3.05, 3.63) is 35.4 Å². The van der Waals surface area contributed by atoms with Crippen molar-refractivity contribution in [1.29, 1.82) is 0 Å². The molecule has 23 heavy (non-hydrogen) atoms. The van der Waals surface area contributed by atoms with E-state index in [9.17, 15) is 25.2 Å². The molecule has 2 aromatic carbocycles. The molecule has 0 atom stereocenters. The Kier molecular flexibility index (Phi) is 4.28. The van der Waals surface area contributed by atoms with Crippen LogP contribution in [-0.2, 0) is 0 Å². The summed E-state index contributed by atoms with van der Waals surface area (Å²) in [5.74, 6) is -3.29. The number of nitrogens with two attached hydrogens (primary N) is 1. The van der Waals surface area contributed by atoms with E-state index in [1.54, 1.807) is 13.0 Å². The highest BCUT2D eigenvalue weighted by molar-refractivity contribution is 7.80. The molecular formula is C15H14N2O5S. The van der Waals surface area contributed by atoms with E-state index in [1.807, 2.05) is 0 Å². The molecule has 7 N–H and O–H groups in total. The van der Waals surface area contributed by atoms with Gasteiger partial charge in [-0.1, -0.05) is 12.1 Å². The number of hydrogen-bond acceptors (Lipinski definition) is 6. The molecule has 120 valence electrons. The lowest BCUT2D eigenvalue weighted by molar-refractivity contribution is 0.0977. The zero-order valence-electron chi connectivity index (χ0n) is 12.0. The Bertz CT molecular complexity index is 820. The molecule has 7 nitrogen and oxygen atoms in total. The van der Waals surface area contributed by atoms with Gasteiger partial charge >= 0.3 is 0 Å². The highest BCUT2D eigenvalue weighted by atomic mass is 32.1. The quantitative estimate of drug-likeness (QED) is 0.361. The van der Waals surface area contributed by atoms with Crippen LogP contribution in [0.5, 0.6) is 23.0 Å². The molecule has 0 bridgehead atoms. The molecule has 0 fully saturated rings. The maximum atomic E-state index is 12.2. The van der Waals surface area contributed by atoms with E-state index in [2.05, 4.69) is 17.5 Å². The third-order valence-electron chi connectivity index (χ3n) is 3.16. The van der Waals surface area contributed by atoms with Crippen LogP contribution in [0.15, 0.2) is 24.3 Å². The number of carbonyl (C=O) groups is 1. The average Bonchev–Trinajstić information content (AvgIpc) is 2.45. The molecule has 0 heterocycles. The number of amides is 1. The Morgan fingerprint density at radius 1 is 1.09 bits per heavy atom. The van der Waals surface area contributed by atoms with Crippen molar-refractivity contribution in [3.63, 3.8) is 0 Å². The third-order valence-corrected chi connectivity index (χ3v) is 3.26. The normalized spacial score (nSPS) is 10.3. The molecule has 0 aromatic heterocycles. The van der Waals surface area contributed by atoms with Gasteiger partial charge in [0.2, 0.25) is 5.75 Å². The van der Waals surface area contributed by atoms with Crippen LogP contribution in [0.25, 0.3) is 11.1 Å². The van der Waals surface area contributed by atoms with Crippen molar-refractivity contribution in [2.45, 2.75) is 6.92 Å². The highest BCUT2D eigenvalue weighted by Gasteiger charge is 2.24. The van der Waals surface area contributed by atoms with Crippen LogP contribution in [0.1, 0.15) is 15.9 Å². The highest BCUT2D eigenvalue weighted by Crippen LogP contribution is 2.47. The largest absolute Gasteiger partial charge is 0.507 e. The van der Waals surface area contributed by atoms with E-state index < -0.39 is 23.2 Å². The first-order valence-electron chi connectivity index (χ1n) is 6.41. The maximum absolute atomic E-state index is 12.2. The Morgan fingerprint density at radius 2 is 1.74 bits per heavy atom. The number of rotatable bonds is 2. The van der Waals surface area contributed by atoms with Crippen LogP contribution in [0, 0.1) is 6.92 Å². The zero-order chi connectivity index (χ0) is 17.3. The Hall–Kier alpha value is -3.00. The van der Waals surface area contributed by atoms with Crippen molar-refractivity contribution < 1.29 is 25.2 Å². The summed E-state index contributed by atoms with van der Waals surface area (Å²) in [6.07, 6.45) is 0. The fourth-order valence-corrected chi connectivity index (χ4v) is 2.22. The van der Waals surface area contributed by atoms with E-state index in [1.165, 1.54) is 12.1 Å². The molecule has 0 spiro atoms. The van der Waals surface area contributed by atoms with Gasteiger partial charge in [-0.3, -0.25) is 10.1 Å². The first-order valence-corrected chi connectivity index (χ1v) is 6.81. The topological polar surface area (TPSA) is 136 Å². The minimum absolute atomic E-state index is 0.0940. The van der Waals surface area contributed by atoms with Gasteiger partial charge in [0, 0.05) is 11.1 Å². The molecule has 1 amide bonds. The number of benzene rings is 2. The van der Waals surface area contributed by atoms with Gasteiger partial charge in [0.1, 0.15) is 5.75 Å². The lowest BCUT2D eigenvalue weighted by Gasteiger charge is -2.15. The average molecular weight is 334 g/mol. The summed E-state index contributed by atoms with van der Waals surface area (Å²) in [5.41, 5.74) is 5.72. The predicted molar refractivity (Wildman–Crippen MR) is 87.5 cm³/mol. The predicted octanol–water partition coefficient (Wildman–Crippen LogP) is 1.46. The summed E-state index contributed by atoms with van der Waals surface area (Å²) in [6, 6.07) is 5.48. The lowest BCUT2D eigenvalue weighted by Crippen LogP contribution is -2.35. The minimum atomic E-state index is -0.813. The van der Waals surface area contributed by atoms with E-state index in [0.29, 0.717) is 0 Å². The van der Waals surface area contributed by atoms with E-state index in [4.69, 9.17) is 5.73 Å². The molecule has 0 saturated carbocycles. The summed E-state index contributed by atoms with van der Waals surface area (Å²) in [4.78, 5) is 12.2. The summed E-state index contributed by atoms with van der Waals surface area (Å²) >= 11 is 4.59. The van der Waals surface area contributed by atoms with Gasteiger partial charge in [-0.2, -0.15) is 0 Å². The van der Waals surface area contributed by atoms with Crippen LogP contribution in [0.3, 0.4) is 0 Å². The molecule has 0 aliphatic rings. The number of phenolic OH excluding ortho intramolecular Hbond substituents is 4. The third kappa shape index (κ3) is 3.11.